The first-order valence-electron chi connectivity index (χ1n) is 9.04. The molecule has 1 aromatic heterocycles. The Morgan fingerprint density at radius 1 is 1.04 bits per heavy atom. The van der Waals surface area contributed by atoms with Crippen molar-refractivity contribution in [2.24, 2.45) is 0 Å². The van der Waals surface area contributed by atoms with Crippen LogP contribution >= 0.6 is 0 Å². The van der Waals surface area contributed by atoms with Crippen LogP contribution in [0.2, 0.25) is 0 Å². The molecule has 0 amide bonds. The Balaban J connectivity index is 1.72. The van der Waals surface area contributed by atoms with Crippen LogP contribution in [0.25, 0.3) is 5.69 Å². The van der Waals surface area contributed by atoms with Gasteiger partial charge in [-0.2, -0.15) is 5.10 Å². The Bertz CT molecular complexity index is 920. The Labute approximate surface area is 156 Å². The van der Waals surface area contributed by atoms with Crippen LogP contribution in [0.4, 0.5) is 0 Å². The van der Waals surface area contributed by atoms with Crippen molar-refractivity contribution in [1.82, 2.24) is 15.1 Å². The molecule has 0 saturated heterocycles. The first kappa shape index (κ1) is 18.0. The van der Waals surface area contributed by atoms with Crippen molar-refractivity contribution in [3.05, 3.63) is 94.4 Å². The smallest absolute Gasteiger partial charge is 0.0648 e. The minimum atomic E-state index is 0.787. The number of hydrogen-bond acceptors (Lipinski definition) is 2. The topological polar surface area (TPSA) is 29.9 Å². The summed E-state index contributed by atoms with van der Waals surface area (Å²) in [4.78, 5) is 0. The van der Waals surface area contributed by atoms with Gasteiger partial charge in [-0.3, -0.25) is 0 Å². The van der Waals surface area contributed by atoms with Crippen LogP contribution in [-0.2, 0) is 13.0 Å². The summed E-state index contributed by atoms with van der Waals surface area (Å²) in [6.07, 6.45) is 0.787. The van der Waals surface area contributed by atoms with Gasteiger partial charge in [0.05, 0.1) is 11.4 Å². The number of benzene rings is 2. The highest BCUT2D eigenvalue weighted by Crippen LogP contribution is 2.20. The van der Waals surface area contributed by atoms with Crippen LogP contribution in [0, 0.1) is 27.7 Å². The molecule has 2 aromatic carbocycles. The van der Waals surface area contributed by atoms with E-state index in [1.165, 1.54) is 27.9 Å². The van der Waals surface area contributed by atoms with E-state index in [1.54, 1.807) is 0 Å². The molecular formula is C23H27N3. The highest BCUT2D eigenvalue weighted by atomic mass is 15.3. The summed E-state index contributed by atoms with van der Waals surface area (Å²) < 4.78 is 2.02. The van der Waals surface area contributed by atoms with Crippen molar-refractivity contribution in [3.63, 3.8) is 0 Å². The monoisotopic (exact) mass is 345 g/mol. The summed E-state index contributed by atoms with van der Waals surface area (Å²) in [6.45, 7) is 13.5. The van der Waals surface area contributed by atoms with Gasteiger partial charge in [0.1, 0.15) is 0 Å². The second kappa shape index (κ2) is 7.61. The maximum Gasteiger partial charge on any atom is 0.0648 e. The van der Waals surface area contributed by atoms with Gasteiger partial charge < -0.3 is 5.32 Å². The van der Waals surface area contributed by atoms with Crippen molar-refractivity contribution in [3.8, 4) is 5.69 Å². The number of allylic oxidation sites excluding steroid dienone is 1. The summed E-state index contributed by atoms with van der Waals surface area (Å²) in [5.41, 5.74) is 9.49. The molecule has 3 heteroatoms. The zero-order chi connectivity index (χ0) is 18.7. The van der Waals surface area contributed by atoms with Crippen molar-refractivity contribution in [2.75, 3.05) is 0 Å². The summed E-state index contributed by atoms with van der Waals surface area (Å²) in [5, 5.41) is 8.21. The molecule has 1 heterocycles. The van der Waals surface area contributed by atoms with Gasteiger partial charge in [0.15, 0.2) is 0 Å². The fraction of sp³-hybridized carbons (Fsp3) is 0.261. The molecule has 1 N–H and O–H groups in total. The maximum atomic E-state index is 4.73. The van der Waals surface area contributed by atoms with Gasteiger partial charge in [0.2, 0.25) is 0 Å². The fourth-order valence-corrected chi connectivity index (χ4v) is 3.24. The van der Waals surface area contributed by atoms with E-state index < -0.39 is 0 Å². The fourth-order valence-electron chi connectivity index (χ4n) is 3.24. The lowest BCUT2D eigenvalue weighted by Gasteiger charge is -2.13. The van der Waals surface area contributed by atoms with Gasteiger partial charge in [0, 0.05) is 29.9 Å². The lowest BCUT2D eigenvalue weighted by atomic mass is 10.0. The molecular weight excluding hydrogens is 318 g/mol. The van der Waals surface area contributed by atoms with Gasteiger partial charge in [-0.1, -0.05) is 48.5 Å². The molecule has 3 nitrogen and oxygen atoms in total. The van der Waals surface area contributed by atoms with E-state index in [-0.39, 0.29) is 0 Å². The van der Waals surface area contributed by atoms with Crippen LogP contribution in [0.5, 0.6) is 0 Å². The van der Waals surface area contributed by atoms with E-state index in [1.807, 2.05) is 22.9 Å². The Hall–Kier alpha value is -2.81. The molecule has 0 spiro atoms. The van der Waals surface area contributed by atoms with Gasteiger partial charge in [-0.15, -0.1) is 0 Å². The summed E-state index contributed by atoms with van der Waals surface area (Å²) in [6, 6.07) is 16.8. The van der Waals surface area contributed by atoms with E-state index in [0.29, 0.717) is 0 Å². The number of nitrogens with zero attached hydrogens (tertiary/aromatic N) is 2. The Morgan fingerprint density at radius 2 is 1.77 bits per heavy atom. The number of rotatable bonds is 6. The second-order valence-electron chi connectivity index (χ2n) is 6.96. The molecule has 0 unspecified atom stereocenters. The lowest BCUT2D eigenvalue weighted by Crippen LogP contribution is -2.15. The predicted octanol–water partition coefficient (Wildman–Crippen LogP) is 4.95. The van der Waals surface area contributed by atoms with Crippen LogP contribution in [0.3, 0.4) is 0 Å². The van der Waals surface area contributed by atoms with Crippen LogP contribution < -0.4 is 5.32 Å². The van der Waals surface area contributed by atoms with E-state index in [0.717, 1.165) is 30.0 Å². The van der Waals surface area contributed by atoms with E-state index in [4.69, 9.17) is 5.10 Å². The van der Waals surface area contributed by atoms with Crippen molar-refractivity contribution >= 4 is 0 Å². The molecule has 0 aliphatic carbocycles. The number of hydrogen-bond donors (Lipinski definition) is 1. The number of para-hydroxylation sites is 1. The largest absolute Gasteiger partial charge is 0.384 e. The predicted molar refractivity (Wildman–Crippen MR) is 109 cm³/mol. The molecule has 134 valence electrons. The van der Waals surface area contributed by atoms with Gasteiger partial charge in [0.25, 0.3) is 0 Å². The van der Waals surface area contributed by atoms with E-state index in [9.17, 15) is 0 Å². The molecule has 3 aromatic rings. The first-order chi connectivity index (χ1) is 12.5. The van der Waals surface area contributed by atoms with Gasteiger partial charge in [-0.05, 0) is 51.0 Å². The number of aromatic nitrogens is 2. The van der Waals surface area contributed by atoms with Gasteiger partial charge in [-0.25, -0.2) is 4.68 Å². The zero-order valence-corrected chi connectivity index (χ0v) is 16.1. The molecule has 0 radical (unpaired) electrons. The molecule has 0 atom stereocenters. The van der Waals surface area contributed by atoms with E-state index in [2.05, 4.69) is 69.9 Å². The normalized spacial score (nSPS) is 10.8. The molecule has 0 aliphatic heterocycles. The Morgan fingerprint density at radius 3 is 2.50 bits per heavy atom. The minimum Gasteiger partial charge on any atom is -0.384 e. The average molecular weight is 345 g/mol. The quantitative estimate of drug-likeness (QED) is 0.685. The summed E-state index contributed by atoms with van der Waals surface area (Å²) in [7, 11) is 0. The minimum absolute atomic E-state index is 0.787. The zero-order valence-electron chi connectivity index (χ0n) is 16.1. The van der Waals surface area contributed by atoms with Crippen LogP contribution in [0.15, 0.2) is 60.8 Å². The SMILES string of the molecule is C=C(Cc1c(C)nn(-c2ccccc2)c1C)NCc1cc(C)ccc1C. The van der Waals surface area contributed by atoms with Gasteiger partial charge >= 0.3 is 0 Å². The third-order valence-electron chi connectivity index (χ3n) is 4.87. The number of nitrogens with one attached hydrogen (secondary N) is 1. The standard InChI is InChI=1S/C23H27N3/c1-16-11-12-17(2)21(13-16)15-24-18(3)14-23-19(4)25-26(20(23)5)22-9-7-6-8-10-22/h6-13,24H,3,14-15H2,1-2,4-5H3. The van der Waals surface area contributed by atoms with Crippen molar-refractivity contribution < 1.29 is 0 Å². The molecule has 0 saturated carbocycles. The third kappa shape index (κ3) is 3.88. The van der Waals surface area contributed by atoms with Crippen LogP contribution in [-0.4, -0.2) is 9.78 Å². The first-order valence-corrected chi connectivity index (χ1v) is 9.04. The average Bonchev–Trinajstić information content (AvgIpc) is 2.91. The molecule has 3 rings (SSSR count). The lowest BCUT2D eigenvalue weighted by molar-refractivity contribution is 0.777. The Kier molecular flexibility index (Phi) is 5.27. The van der Waals surface area contributed by atoms with Crippen molar-refractivity contribution in [2.45, 2.75) is 40.7 Å². The molecule has 0 bridgehead atoms. The molecule has 0 aliphatic rings. The summed E-state index contributed by atoms with van der Waals surface area (Å²) in [5.74, 6) is 0. The second-order valence-corrected chi connectivity index (χ2v) is 6.96. The highest BCUT2D eigenvalue weighted by molar-refractivity contribution is 5.38. The summed E-state index contributed by atoms with van der Waals surface area (Å²) >= 11 is 0. The third-order valence-corrected chi connectivity index (χ3v) is 4.87. The van der Waals surface area contributed by atoms with E-state index >= 15 is 0 Å². The number of aryl methyl sites for hydroxylation is 3. The molecule has 0 fully saturated rings. The molecule has 26 heavy (non-hydrogen) atoms. The highest BCUT2D eigenvalue weighted by Gasteiger charge is 2.13. The maximum absolute atomic E-state index is 4.73. The van der Waals surface area contributed by atoms with Crippen molar-refractivity contribution in [1.29, 1.82) is 0 Å². The van der Waals surface area contributed by atoms with Crippen LogP contribution in [0.1, 0.15) is 33.6 Å².